The van der Waals surface area contributed by atoms with E-state index in [0.717, 1.165) is 22.5 Å². The van der Waals surface area contributed by atoms with Crippen molar-refractivity contribution >= 4 is 23.0 Å². The van der Waals surface area contributed by atoms with Crippen molar-refractivity contribution in [2.24, 2.45) is 16.8 Å². The second kappa shape index (κ2) is 9.84. The Morgan fingerprint density at radius 2 is 1.83 bits per heavy atom. The molecule has 3 aromatic rings. The number of anilines is 1. The van der Waals surface area contributed by atoms with Crippen LogP contribution >= 0.6 is 11.6 Å². The Balaban J connectivity index is 1.49. The van der Waals surface area contributed by atoms with Crippen LogP contribution in [0.15, 0.2) is 89.4 Å². The Hall–Kier alpha value is -4.15. The maximum atomic E-state index is 10.0. The number of methoxy groups -OCH3 is 1. The predicted octanol–water partition coefficient (Wildman–Crippen LogP) is 5.57. The van der Waals surface area contributed by atoms with E-state index in [9.17, 15) is 5.26 Å². The van der Waals surface area contributed by atoms with Crippen LogP contribution in [0.4, 0.5) is 5.69 Å². The molecule has 3 aromatic carbocycles. The number of fused-ring (bicyclic) bond motifs is 1. The summed E-state index contributed by atoms with van der Waals surface area (Å²) in [4.78, 5) is 0. The van der Waals surface area contributed by atoms with Crippen molar-refractivity contribution in [3.05, 3.63) is 100 Å². The summed E-state index contributed by atoms with van der Waals surface area (Å²) < 4.78 is 17.7. The lowest BCUT2D eigenvalue weighted by molar-refractivity contribution is 0.0662. The molecule has 0 aromatic heterocycles. The number of ether oxygens (including phenoxy) is 3. The maximum absolute atomic E-state index is 10.0. The second-order valence-electron chi connectivity index (χ2n) is 8.61. The highest BCUT2D eigenvalue weighted by Gasteiger charge is 2.49. The first-order valence-corrected chi connectivity index (χ1v) is 11.9. The molecule has 182 valence electrons. The first-order valence-electron chi connectivity index (χ1n) is 11.5. The molecule has 0 radical (unpaired) electrons. The third kappa shape index (κ3) is 4.21. The van der Waals surface area contributed by atoms with Gasteiger partial charge in [0, 0.05) is 22.2 Å². The van der Waals surface area contributed by atoms with Gasteiger partial charge in [-0.15, -0.1) is 0 Å². The van der Waals surface area contributed by atoms with Gasteiger partial charge in [-0.1, -0.05) is 54.1 Å². The van der Waals surface area contributed by atoms with Crippen LogP contribution in [0.1, 0.15) is 24.0 Å². The highest BCUT2D eigenvalue weighted by molar-refractivity contribution is 6.31. The van der Waals surface area contributed by atoms with E-state index in [4.69, 9.17) is 36.6 Å². The number of hydrogen-bond acceptors (Lipinski definition) is 7. The fourth-order valence-electron chi connectivity index (χ4n) is 4.76. The predicted molar refractivity (Wildman–Crippen MR) is 139 cm³/mol. The van der Waals surface area contributed by atoms with Gasteiger partial charge in [-0.05, 0) is 42.8 Å². The zero-order valence-electron chi connectivity index (χ0n) is 19.9. The molecule has 7 nitrogen and oxygen atoms in total. The molecule has 2 aliphatic heterocycles. The van der Waals surface area contributed by atoms with Crippen LogP contribution in [0.5, 0.6) is 11.5 Å². The average molecular weight is 501 g/mol. The topological polar surface area (TPSA) is 93.1 Å². The molecule has 5 rings (SSSR count). The zero-order valence-corrected chi connectivity index (χ0v) is 20.6. The second-order valence-corrected chi connectivity index (χ2v) is 9.02. The fourth-order valence-corrected chi connectivity index (χ4v) is 4.95. The minimum absolute atomic E-state index is 0.104. The van der Waals surface area contributed by atoms with Crippen LogP contribution in [0.25, 0.3) is 0 Å². The third-order valence-electron chi connectivity index (χ3n) is 6.51. The van der Waals surface area contributed by atoms with Crippen molar-refractivity contribution < 1.29 is 14.2 Å². The quantitative estimate of drug-likeness (QED) is 0.475. The number of rotatable bonds is 6. The summed E-state index contributed by atoms with van der Waals surface area (Å²) in [5.74, 6) is 0.644. The molecular weight excluding hydrogens is 476 g/mol. The van der Waals surface area contributed by atoms with Gasteiger partial charge in [0.1, 0.15) is 12.7 Å². The summed E-state index contributed by atoms with van der Waals surface area (Å²) >= 11 is 6.27. The van der Waals surface area contributed by atoms with E-state index in [1.54, 1.807) is 7.11 Å². The van der Waals surface area contributed by atoms with Gasteiger partial charge in [0.25, 0.3) is 0 Å². The number of hydrazone groups is 1. The van der Waals surface area contributed by atoms with E-state index in [1.807, 2.05) is 84.7 Å². The highest BCUT2D eigenvalue weighted by Crippen LogP contribution is 2.47. The molecule has 0 saturated heterocycles. The fraction of sp³-hybridized carbons (Fsp3) is 0.214. The first-order chi connectivity index (χ1) is 17.5. The molecule has 0 aliphatic carbocycles. The Kier molecular flexibility index (Phi) is 6.45. The number of nitrogens with zero attached hydrogens (tertiary/aromatic N) is 3. The summed E-state index contributed by atoms with van der Waals surface area (Å²) in [7, 11) is 1.59. The monoisotopic (exact) mass is 500 g/mol. The molecule has 2 aliphatic rings. The number of benzene rings is 3. The summed E-state index contributed by atoms with van der Waals surface area (Å²) in [6.07, 6.45) is -0.475. The normalized spacial score (nSPS) is 20.8. The molecule has 8 heteroatoms. The number of hydrogen-bond donors (Lipinski definition) is 1. The molecule has 0 fully saturated rings. The lowest BCUT2D eigenvalue weighted by Crippen LogP contribution is -2.43. The van der Waals surface area contributed by atoms with Gasteiger partial charge < -0.3 is 19.9 Å². The summed E-state index contributed by atoms with van der Waals surface area (Å²) in [5.41, 5.74) is 10.1. The van der Waals surface area contributed by atoms with Crippen molar-refractivity contribution in [1.29, 1.82) is 5.26 Å². The Morgan fingerprint density at radius 1 is 1.08 bits per heavy atom. The van der Waals surface area contributed by atoms with E-state index in [-0.39, 0.29) is 17.7 Å². The standard InChI is InChI=1S/C28H25ClN4O3/c1-17-25-26(21(15-30)27(31)36-28(25)33(32-17)20-9-4-3-5-10-20)18-12-13-23(24(14-18)34-2)35-16-19-8-6-7-11-22(19)29/h3-14,25-26,28H,16,31H2,1-2H3. The van der Waals surface area contributed by atoms with Crippen molar-refractivity contribution in [1.82, 2.24) is 0 Å². The van der Waals surface area contributed by atoms with Crippen molar-refractivity contribution in [3.63, 3.8) is 0 Å². The van der Waals surface area contributed by atoms with Crippen molar-refractivity contribution in [2.75, 3.05) is 12.1 Å². The third-order valence-corrected chi connectivity index (χ3v) is 6.88. The number of para-hydroxylation sites is 1. The van der Waals surface area contributed by atoms with Gasteiger partial charge in [-0.25, -0.2) is 5.01 Å². The van der Waals surface area contributed by atoms with Gasteiger partial charge in [0.15, 0.2) is 11.5 Å². The highest BCUT2D eigenvalue weighted by atomic mass is 35.5. The summed E-state index contributed by atoms with van der Waals surface area (Å²) in [6, 6.07) is 25.2. The zero-order chi connectivity index (χ0) is 25.2. The van der Waals surface area contributed by atoms with E-state index >= 15 is 0 Å². The van der Waals surface area contributed by atoms with E-state index in [2.05, 4.69) is 6.07 Å². The van der Waals surface area contributed by atoms with E-state index in [1.165, 1.54) is 0 Å². The molecule has 0 spiro atoms. The summed E-state index contributed by atoms with van der Waals surface area (Å²) in [6.45, 7) is 2.25. The van der Waals surface area contributed by atoms with Crippen LogP contribution < -0.4 is 20.2 Å². The number of halogens is 1. The number of allylic oxidation sites excluding steroid dienone is 1. The van der Waals surface area contributed by atoms with Crippen LogP contribution in [0.3, 0.4) is 0 Å². The average Bonchev–Trinajstić information content (AvgIpc) is 3.23. The Morgan fingerprint density at radius 3 is 2.56 bits per heavy atom. The summed E-state index contributed by atoms with van der Waals surface area (Å²) in [5, 5.41) is 17.3. The van der Waals surface area contributed by atoms with E-state index in [0.29, 0.717) is 28.7 Å². The molecule has 2 heterocycles. The minimum Gasteiger partial charge on any atom is -0.493 e. The van der Waals surface area contributed by atoms with Crippen LogP contribution in [0.2, 0.25) is 5.02 Å². The molecule has 3 unspecified atom stereocenters. The SMILES string of the molecule is COc1cc(C2C(C#N)=C(N)OC3C2C(C)=NN3c2ccccc2)ccc1OCc1ccccc1Cl. The molecule has 2 N–H and O–H groups in total. The Labute approximate surface area is 214 Å². The van der Waals surface area contributed by atoms with Gasteiger partial charge in [0.2, 0.25) is 12.1 Å². The van der Waals surface area contributed by atoms with E-state index < -0.39 is 6.23 Å². The molecule has 0 bridgehead atoms. The van der Waals surface area contributed by atoms with Gasteiger partial charge in [-0.3, -0.25) is 0 Å². The van der Waals surface area contributed by atoms with Crippen LogP contribution in [0, 0.1) is 17.2 Å². The lowest BCUT2D eigenvalue weighted by Gasteiger charge is -2.37. The number of nitrogens with two attached hydrogens (primary N) is 1. The minimum atomic E-state index is -0.475. The lowest BCUT2D eigenvalue weighted by atomic mass is 9.76. The Bertz CT molecular complexity index is 1380. The van der Waals surface area contributed by atoms with Crippen LogP contribution in [-0.4, -0.2) is 19.0 Å². The first kappa shape index (κ1) is 23.6. The largest absolute Gasteiger partial charge is 0.493 e. The maximum Gasteiger partial charge on any atom is 0.202 e. The van der Waals surface area contributed by atoms with Crippen molar-refractivity contribution in [2.45, 2.75) is 25.7 Å². The molecule has 0 saturated carbocycles. The van der Waals surface area contributed by atoms with Crippen molar-refractivity contribution in [3.8, 4) is 17.6 Å². The molecule has 3 atom stereocenters. The van der Waals surface area contributed by atoms with Gasteiger partial charge in [-0.2, -0.15) is 10.4 Å². The van der Waals surface area contributed by atoms with Crippen LogP contribution in [-0.2, 0) is 11.3 Å². The molecule has 36 heavy (non-hydrogen) atoms. The van der Waals surface area contributed by atoms with Gasteiger partial charge >= 0.3 is 0 Å². The van der Waals surface area contributed by atoms with Gasteiger partial charge in [0.05, 0.1) is 24.3 Å². The number of nitriles is 1. The smallest absolute Gasteiger partial charge is 0.202 e. The molecular formula is C28H25ClN4O3. The molecule has 0 amide bonds.